The van der Waals surface area contributed by atoms with Crippen LogP contribution >= 0.6 is 24.0 Å². The molecule has 0 radical (unpaired) electrons. The summed E-state index contributed by atoms with van der Waals surface area (Å²) in [7, 11) is 0. The quantitative estimate of drug-likeness (QED) is 0.386. The van der Waals surface area contributed by atoms with Crippen molar-refractivity contribution in [1.29, 1.82) is 0 Å². The molecule has 0 atom stereocenters. The maximum absolute atomic E-state index is 4.56. The summed E-state index contributed by atoms with van der Waals surface area (Å²) in [4.78, 5) is 11.3. The molecule has 1 rings (SSSR count). The van der Waals surface area contributed by atoms with Crippen molar-refractivity contribution in [3.8, 4) is 0 Å². The zero-order chi connectivity index (χ0) is 15.5. The van der Waals surface area contributed by atoms with Gasteiger partial charge in [-0.3, -0.25) is 9.88 Å². The molecule has 0 spiro atoms. The monoisotopic (exact) mass is 419 g/mol. The lowest BCUT2D eigenvalue weighted by molar-refractivity contribution is 0.237. The smallest absolute Gasteiger partial charge is 0.191 e. The predicted octanol–water partition coefficient (Wildman–Crippen LogP) is 2.49. The van der Waals surface area contributed by atoms with E-state index in [1.54, 1.807) is 6.20 Å². The number of aromatic nitrogens is 1. The van der Waals surface area contributed by atoms with Crippen LogP contribution in [0, 0.1) is 0 Å². The molecular weight excluding hydrogens is 389 g/mol. The molecule has 0 saturated carbocycles. The van der Waals surface area contributed by atoms with Crippen molar-refractivity contribution in [2.75, 3.05) is 26.2 Å². The average molecular weight is 419 g/mol. The van der Waals surface area contributed by atoms with Crippen molar-refractivity contribution in [1.82, 2.24) is 20.5 Å². The summed E-state index contributed by atoms with van der Waals surface area (Å²) < 4.78 is 0. The summed E-state index contributed by atoms with van der Waals surface area (Å²) in [5.41, 5.74) is 0.979. The molecule has 0 aliphatic carbocycles. The molecule has 1 heterocycles. The number of nitrogens with zero attached hydrogens (tertiary/aromatic N) is 3. The number of pyridine rings is 1. The number of likely N-dealkylation sites (N-methyl/N-ethyl adjacent to an activating group) is 1. The fraction of sp³-hybridized carbons (Fsp3) is 0.625. The lowest BCUT2D eigenvalue weighted by Crippen LogP contribution is -2.43. The standard InChI is InChI=1S/C16H29N5.HI/c1-5-17-16(19-11-12-21(6-2)14(3)4)20-13-15-9-7-8-10-18-15;/h7-10,14H,5-6,11-13H2,1-4H3,(H2,17,19,20);1H. The third kappa shape index (κ3) is 8.53. The van der Waals surface area contributed by atoms with Crippen molar-refractivity contribution in [3.05, 3.63) is 30.1 Å². The third-order valence-corrected chi connectivity index (χ3v) is 3.30. The van der Waals surface area contributed by atoms with Gasteiger partial charge in [-0.25, -0.2) is 4.99 Å². The largest absolute Gasteiger partial charge is 0.357 e. The first-order chi connectivity index (χ1) is 10.2. The lowest BCUT2D eigenvalue weighted by Gasteiger charge is -2.25. The van der Waals surface area contributed by atoms with Crippen LogP contribution in [-0.2, 0) is 6.54 Å². The van der Waals surface area contributed by atoms with Gasteiger partial charge in [0.2, 0.25) is 0 Å². The Labute approximate surface area is 152 Å². The van der Waals surface area contributed by atoms with Gasteiger partial charge in [0.15, 0.2) is 5.96 Å². The van der Waals surface area contributed by atoms with Crippen LogP contribution in [0.25, 0.3) is 0 Å². The van der Waals surface area contributed by atoms with Gasteiger partial charge < -0.3 is 10.6 Å². The summed E-state index contributed by atoms with van der Waals surface area (Å²) in [6.07, 6.45) is 1.80. The van der Waals surface area contributed by atoms with Crippen molar-refractivity contribution in [3.63, 3.8) is 0 Å². The predicted molar refractivity (Wildman–Crippen MR) is 105 cm³/mol. The van der Waals surface area contributed by atoms with E-state index in [1.165, 1.54) is 0 Å². The molecule has 1 aromatic rings. The molecule has 0 fully saturated rings. The van der Waals surface area contributed by atoms with E-state index in [-0.39, 0.29) is 24.0 Å². The number of aliphatic imine (C=N–C) groups is 1. The second-order valence-corrected chi connectivity index (χ2v) is 5.17. The fourth-order valence-corrected chi connectivity index (χ4v) is 2.09. The highest BCUT2D eigenvalue weighted by Crippen LogP contribution is 1.96. The number of nitrogens with one attached hydrogen (secondary N) is 2. The molecule has 126 valence electrons. The van der Waals surface area contributed by atoms with Crippen LogP contribution < -0.4 is 10.6 Å². The van der Waals surface area contributed by atoms with Crippen molar-refractivity contribution < 1.29 is 0 Å². The van der Waals surface area contributed by atoms with Gasteiger partial charge in [0.25, 0.3) is 0 Å². The fourth-order valence-electron chi connectivity index (χ4n) is 2.09. The molecule has 2 N–H and O–H groups in total. The second kappa shape index (κ2) is 12.6. The van der Waals surface area contributed by atoms with Crippen molar-refractivity contribution >= 4 is 29.9 Å². The minimum atomic E-state index is 0. The van der Waals surface area contributed by atoms with E-state index >= 15 is 0 Å². The molecular formula is C16H30IN5. The normalized spacial score (nSPS) is 11.5. The molecule has 0 saturated heterocycles. The van der Waals surface area contributed by atoms with Crippen LogP contribution in [0.4, 0.5) is 0 Å². The van der Waals surface area contributed by atoms with E-state index in [9.17, 15) is 0 Å². The van der Waals surface area contributed by atoms with Gasteiger partial charge in [0.1, 0.15) is 0 Å². The Hall–Kier alpha value is -0.890. The van der Waals surface area contributed by atoms with Gasteiger partial charge in [-0.1, -0.05) is 13.0 Å². The van der Waals surface area contributed by atoms with E-state index in [0.29, 0.717) is 12.6 Å². The summed E-state index contributed by atoms with van der Waals surface area (Å²) >= 11 is 0. The maximum Gasteiger partial charge on any atom is 0.191 e. The molecule has 0 unspecified atom stereocenters. The van der Waals surface area contributed by atoms with Gasteiger partial charge >= 0.3 is 0 Å². The highest BCUT2D eigenvalue weighted by Gasteiger charge is 2.06. The van der Waals surface area contributed by atoms with Gasteiger partial charge in [-0.2, -0.15) is 0 Å². The first-order valence-corrected chi connectivity index (χ1v) is 7.83. The molecule has 1 aromatic heterocycles. The Morgan fingerprint density at radius 2 is 2.05 bits per heavy atom. The summed E-state index contributed by atoms with van der Waals surface area (Å²) in [6.45, 7) is 13.1. The average Bonchev–Trinajstić information content (AvgIpc) is 2.49. The highest BCUT2D eigenvalue weighted by atomic mass is 127. The van der Waals surface area contributed by atoms with Crippen LogP contribution in [0.2, 0.25) is 0 Å². The topological polar surface area (TPSA) is 52.6 Å². The van der Waals surface area contributed by atoms with E-state index in [1.807, 2.05) is 18.2 Å². The van der Waals surface area contributed by atoms with Crippen LogP contribution in [0.3, 0.4) is 0 Å². The van der Waals surface area contributed by atoms with Crippen LogP contribution in [0.1, 0.15) is 33.4 Å². The Bertz CT molecular complexity index is 408. The maximum atomic E-state index is 4.56. The summed E-state index contributed by atoms with van der Waals surface area (Å²) in [6, 6.07) is 6.47. The van der Waals surface area contributed by atoms with Crippen LogP contribution in [0.15, 0.2) is 29.4 Å². The number of guanidine groups is 1. The molecule has 0 aliphatic rings. The lowest BCUT2D eigenvalue weighted by atomic mass is 10.3. The Morgan fingerprint density at radius 3 is 2.59 bits per heavy atom. The molecule has 0 aliphatic heterocycles. The van der Waals surface area contributed by atoms with Crippen LogP contribution in [0.5, 0.6) is 0 Å². The van der Waals surface area contributed by atoms with E-state index < -0.39 is 0 Å². The molecule has 22 heavy (non-hydrogen) atoms. The van der Waals surface area contributed by atoms with Gasteiger partial charge in [-0.05, 0) is 39.4 Å². The first kappa shape index (κ1) is 21.1. The number of halogens is 1. The number of hydrogen-bond donors (Lipinski definition) is 2. The summed E-state index contributed by atoms with van der Waals surface area (Å²) in [5, 5.41) is 6.65. The van der Waals surface area contributed by atoms with E-state index in [0.717, 1.165) is 37.8 Å². The van der Waals surface area contributed by atoms with Crippen molar-refractivity contribution in [2.45, 2.75) is 40.3 Å². The SMILES string of the molecule is CCNC(=NCc1ccccn1)NCCN(CC)C(C)C.I. The van der Waals surface area contributed by atoms with Gasteiger partial charge in [-0.15, -0.1) is 24.0 Å². The van der Waals surface area contributed by atoms with Gasteiger partial charge in [0, 0.05) is 31.9 Å². The molecule has 0 bridgehead atoms. The van der Waals surface area contributed by atoms with E-state index in [4.69, 9.17) is 0 Å². The number of hydrogen-bond acceptors (Lipinski definition) is 3. The highest BCUT2D eigenvalue weighted by molar-refractivity contribution is 14.0. The zero-order valence-corrected chi connectivity index (χ0v) is 16.5. The first-order valence-electron chi connectivity index (χ1n) is 7.83. The number of rotatable bonds is 8. The Balaban J connectivity index is 0.00000441. The van der Waals surface area contributed by atoms with Crippen LogP contribution in [-0.4, -0.2) is 48.1 Å². The van der Waals surface area contributed by atoms with Crippen molar-refractivity contribution in [2.24, 2.45) is 4.99 Å². The minimum absolute atomic E-state index is 0. The minimum Gasteiger partial charge on any atom is -0.357 e. The third-order valence-electron chi connectivity index (χ3n) is 3.30. The summed E-state index contributed by atoms with van der Waals surface area (Å²) in [5.74, 6) is 0.850. The molecule has 0 amide bonds. The zero-order valence-electron chi connectivity index (χ0n) is 14.2. The second-order valence-electron chi connectivity index (χ2n) is 5.17. The Kier molecular flexibility index (Phi) is 12.1. The Morgan fingerprint density at radius 1 is 1.27 bits per heavy atom. The molecule has 6 heteroatoms. The molecule has 5 nitrogen and oxygen atoms in total. The van der Waals surface area contributed by atoms with E-state index in [2.05, 4.69) is 53.2 Å². The van der Waals surface area contributed by atoms with Gasteiger partial charge in [0.05, 0.1) is 12.2 Å². The molecule has 0 aromatic carbocycles.